The normalized spacial score (nSPS) is 10.6. The van der Waals surface area contributed by atoms with E-state index in [9.17, 15) is 13.2 Å². The lowest BCUT2D eigenvalue weighted by Crippen LogP contribution is -2.29. The summed E-state index contributed by atoms with van der Waals surface area (Å²) < 4.78 is 31.7. The van der Waals surface area contributed by atoms with Crippen LogP contribution in [0.15, 0.2) is 53.4 Å². The van der Waals surface area contributed by atoms with Crippen LogP contribution < -0.4 is 0 Å². The van der Waals surface area contributed by atoms with Crippen molar-refractivity contribution in [3.8, 4) is 12.0 Å². The Morgan fingerprint density at radius 3 is 2.44 bits per heavy atom. The molecule has 0 atom stereocenters. The number of rotatable bonds is 6. The third-order valence-corrected chi connectivity index (χ3v) is 5.79. The number of hydrogen-bond donors (Lipinski definition) is 0. The molecule has 0 unspecified atom stereocenters. The summed E-state index contributed by atoms with van der Waals surface area (Å²) in [6, 6.07) is 16.4. The van der Waals surface area contributed by atoms with Crippen molar-refractivity contribution in [3.63, 3.8) is 0 Å². The van der Waals surface area contributed by atoms with Crippen LogP contribution in [0.2, 0.25) is 5.02 Å². The maximum atomic E-state index is 13.0. The van der Waals surface area contributed by atoms with Gasteiger partial charge in [0, 0.05) is 24.5 Å². The van der Waals surface area contributed by atoms with Crippen LogP contribution in [0.25, 0.3) is 0 Å². The van der Waals surface area contributed by atoms with Gasteiger partial charge in [-0.25, -0.2) is 12.7 Å². The first-order valence-electron chi connectivity index (χ1n) is 8.25. The molecular formula is C20H20ClNO4S. The van der Waals surface area contributed by atoms with Crippen LogP contribution in [0, 0.1) is 18.9 Å². The van der Waals surface area contributed by atoms with Crippen molar-refractivity contribution in [2.24, 2.45) is 0 Å². The summed E-state index contributed by atoms with van der Waals surface area (Å²) in [6.07, 6.45) is 0.396. The van der Waals surface area contributed by atoms with Gasteiger partial charge in [-0.15, -0.1) is 0 Å². The fourth-order valence-corrected chi connectivity index (χ4v) is 3.74. The van der Waals surface area contributed by atoms with Gasteiger partial charge in [-0.3, -0.25) is 4.79 Å². The molecule has 5 nitrogen and oxygen atoms in total. The third kappa shape index (κ3) is 6.02. The van der Waals surface area contributed by atoms with E-state index in [0.717, 1.165) is 15.4 Å². The maximum absolute atomic E-state index is 13.0. The molecule has 2 rings (SSSR count). The lowest BCUT2D eigenvalue weighted by molar-refractivity contribution is -0.139. The van der Waals surface area contributed by atoms with Crippen LogP contribution in [-0.2, 0) is 26.0 Å². The summed E-state index contributed by atoms with van der Waals surface area (Å²) in [7, 11) is -3.83. The number of nitrogens with zero attached hydrogens (tertiary/aromatic N) is 1. The Morgan fingerprint density at radius 2 is 1.81 bits per heavy atom. The zero-order valence-corrected chi connectivity index (χ0v) is 16.7. The molecule has 0 saturated carbocycles. The van der Waals surface area contributed by atoms with Gasteiger partial charge in [0.1, 0.15) is 0 Å². The zero-order valence-electron chi connectivity index (χ0n) is 15.1. The minimum Gasteiger partial charge on any atom is -0.453 e. The third-order valence-electron chi connectivity index (χ3n) is 3.70. The maximum Gasteiger partial charge on any atom is 0.303 e. The number of esters is 1. The molecule has 2 aromatic rings. The second kappa shape index (κ2) is 9.45. The SMILES string of the molecule is CC(=O)OCC#CN(CCc1ccccc1Cl)S(=O)(=O)c1ccc(C)cc1. The molecule has 2 aromatic carbocycles. The summed E-state index contributed by atoms with van der Waals surface area (Å²) in [5.74, 6) is 2.10. The number of aryl methyl sites for hydroxylation is 1. The van der Waals surface area contributed by atoms with Crippen molar-refractivity contribution in [3.05, 3.63) is 64.7 Å². The minimum absolute atomic E-state index is 0.118. The highest BCUT2D eigenvalue weighted by atomic mass is 35.5. The summed E-state index contributed by atoms with van der Waals surface area (Å²) in [6.45, 7) is 3.08. The minimum atomic E-state index is -3.83. The fraction of sp³-hybridized carbons (Fsp3) is 0.250. The van der Waals surface area contributed by atoms with Crippen LogP contribution in [0.3, 0.4) is 0 Å². The van der Waals surface area contributed by atoms with Crippen molar-refractivity contribution < 1.29 is 17.9 Å². The Kier molecular flexibility index (Phi) is 7.28. The van der Waals surface area contributed by atoms with Gasteiger partial charge in [0.25, 0.3) is 10.0 Å². The van der Waals surface area contributed by atoms with E-state index < -0.39 is 16.0 Å². The van der Waals surface area contributed by atoms with Gasteiger partial charge in [-0.2, -0.15) is 0 Å². The summed E-state index contributed by atoms with van der Waals surface area (Å²) in [4.78, 5) is 11.0. The van der Waals surface area contributed by atoms with E-state index >= 15 is 0 Å². The fourth-order valence-electron chi connectivity index (χ4n) is 2.25. The van der Waals surface area contributed by atoms with Crippen LogP contribution >= 0.6 is 11.6 Å². The monoisotopic (exact) mass is 405 g/mol. The highest BCUT2D eigenvalue weighted by Gasteiger charge is 2.22. The van der Waals surface area contributed by atoms with Crippen LogP contribution in [0.1, 0.15) is 18.1 Å². The Balaban J connectivity index is 2.26. The second-order valence-electron chi connectivity index (χ2n) is 5.80. The molecule has 0 spiro atoms. The molecule has 0 heterocycles. The second-order valence-corrected chi connectivity index (χ2v) is 8.07. The van der Waals surface area contributed by atoms with Gasteiger partial charge in [0.05, 0.1) is 4.90 Å². The number of carbonyl (C=O) groups excluding carboxylic acids is 1. The average Bonchev–Trinajstić information content (AvgIpc) is 2.62. The smallest absolute Gasteiger partial charge is 0.303 e. The molecule has 0 aliphatic heterocycles. The van der Waals surface area contributed by atoms with E-state index in [1.54, 1.807) is 30.3 Å². The number of benzene rings is 2. The first kappa shape index (κ1) is 20.8. The standard InChI is InChI=1S/C20H20ClNO4S/c1-16-8-10-19(11-9-16)27(24,25)22(13-5-15-26-17(2)23)14-12-18-6-3-4-7-20(18)21/h3-4,6-11H,12,14-15H2,1-2H3. The van der Waals surface area contributed by atoms with Crippen molar-refractivity contribution in [1.29, 1.82) is 0 Å². The van der Waals surface area contributed by atoms with Crippen molar-refractivity contribution in [1.82, 2.24) is 4.31 Å². The lowest BCUT2D eigenvalue weighted by Gasteiger charge is -2.18. The summed E-state index contributed by atoms with van der Waals surface area (Å²) in [5.41, 5.74) is 1.78. The Morgan fingerprint density at radius 1 is 1.15 bits per heavy atom. The number of hydrogen-bond acceptors (Lipinski definition) is 4. The van der Waals surface area contributed by atoms with Crippen molar-refractivity contribution in [2.45, 2.75) is 25.2 Å². The quantitative estimate of drug-likeness (QED) is 0.419. The van der Waals surface area contributed by atoms with Crippen LogP contribution in [0.5, 0.6) is 0 Å². The molecule has 0 aliphatic carbocycles. The first-order chi connectivity index (χ1) is 12.8. The van der Waals surface area contributed by atoms with Gasteiger partial charge in [-0.05, 0) is 43.0 Å². The van der Waals surface area contributed by atoms with Crippen LogP contribution in [0.4, 0.5) is 0 Å². The molecule has 0 aromatic heterocycles. The van der Waals surface area contributed by atoms with Crippen molar-refractivity contribution >= 4 is 27.6 Å². The van der Waals surface area contributed by atoms with Gasteiger partial charge in [0.2, 0.25) is 0 Å². The van der Waals surface area contributed by atoms with Gasteiger partial charge >= 0.3 is 5.97 Å². The number of halogens is 1. The average molecular weight is 406 g/mol. The van der Waals surface area contributed by atoms with E-state index in [0.29, 0.717) is 11.4 Å². The lowest BCUT2D eigenvalue weighted by atomic mass is 10.1. The molecule has 0 N–H and O–H groups in total. The predicted molar refractivity (Wildman–Crippen MR) is 105 cm³/mol. The first-order valence-corrected chi connectivity index (χ1v) is 10.1. The van der Waals surface area contributed by atoms with E-state index in [4.69, 9.17) is 16.3 Å². The molecule has 0 saturated heterocycles. The largest absolute Gasteiger partial charge is 0.453 e. The molecule has 0 aliphatic rings. The van der Waals surface area contributed by atoms with E-state index in [2.05, 4.69) is 12.0 Å². The number of ether oxygens (including phenoxy) is 1. The van der Waals surface area contributed by atoms with E-state index in [1.807, 2.05) is 25.1 Å². The number of sulfonamides is 1. The topological polar surface area (TPSA) is 63.7 Å². The highest BCUT2D eigenvalue weighted by Crippen LogP contribution is 2.19. The molecule has 0 amide bonds. The van der Waals surface area contributed by atoms with Gasteiger partial charge in [0.15, 0.2) is 6.61 Å². The Labute approximate surface area is 165 Å². The van der Waals surface area contributed by atoms with Crippen molar-refractivity contribution in [2.75, 3.05) is 13.2 Å². The summed E-state index contributed by atoms with van der Waals surface area (Å²) >= 11 is 6.16. The molecular weight excluding hydrogens is 386 g/mol. The van der Waals surface area contributed by atoms with Gasteiger partial charge in [-0.1, -0.05) is 47.5 Å². The predicted octanol–water partition coefficient (Wildman–Crippen LogP) is 3.41. The molecule has 27 heavy (non-hydrogen) atoms. The summed E-state index contributed by atoms with van der Waals surface area (Å²) in [5, 5.41) is 0.568. The van der Waals surface area contributed by atoms with Crippen LogP contribution in [-0.4, -0.2) is 31.8 Å². The van der Waals surface area contributed by atoms with E-state index in [1.165, 1.54) is 6.92 Å². The molecule has 0 bridgehead atoms. The van der Waals surface area contributed by atoms with E-state index in [-0.39, 0.29) is 18.0 Å². The Bertz CT molecular complexity index is 959. The molecule has 142 valence electrons. The number of carbonyl (C=O) groups is 1. The zero-order chi connectivity index (χ0) is 19.9. The highest BCUT2D eigenvalue weighted by molar-refractivity contribution is 7.89. The molecule has 0 fully saturated rings. The van der Waals surface area contributed by atoms with Gasteiger partial charge < -0.3 is 4.74 Å². The molecule has 7 heteroatoms. The Hall–Kier alpha value is -2.49. The molecule has 0 radical (unpaired) electrons.